The molecule has 1 atom stereocenters. The predicted molar refractivity (Wildman–Crippen MR) is 125 cm³/mol. The molecule has 0 saturated heterocycles. The third-order valence-corrected chi connectivity index (χ3v) is 5.77. The minimum atomic E-state index is 0.459. The molecule has 0 aliphatic carbocycles. The maximum atomic E-state index is 6.26. The van der Waals surface area contributed by atoms with Crippen molar-refractivity contribution in [3.63, 3.8) is 0 Å². The molecule has 162 valence electrons. The van der Waals surface area contributed by atoms with Gasteiger partial charge in [0.2, 0.25) is 0 Å². The topological polar surface area (TPSA) is 26.0 Å². The summed E-state index contributed by atoms with van der Waals surface area (Å²) in [4.78, 5) is 0. The number of hydrogen-bond acceptors (Lipinski definition) is 1. The lowest BCUT2D eigenvalue weighted by Gasteiger charge is -2.11. The van der Waals surface area contributed by atoms with Gasteiger partial charge >= 0.3 is 0 Å². The van der Waals surface area contributed by atoms with Gasteiger partial charge in [0.05, 0.1) is 0 Å². The lowest BCUT2D eigenvalue weighted by atomic mass is 10.0. The molecule has 0 heterocycles. The highest BCUT2D eigenvalue weighted by atomic mass is 14.6. The van der Waals surface area contributed by atoms with Gasteiger partial charge in [-0.1, -0.05) is 122 Å². The Morgan fingerprint density at radius 2 is 0.815 bits per heavy atom. The van der Waals surface area contributed by atoms with Crippen LogP contribution in [0, 0.1) is 0 Å². The molecule has 0 bridgehead atoms. The van der Waals surface area contributed by atoms with E-state index in [0.29, 0.717) is 6.04 Å². The van der Waals surface area contributed by atoms with Crippen LogP contribution in [0.3, 0.4) is 0 Å². The van der Waals surface area contributed by atoms with Crippen LogP contribution in [-0.4, -0.2) is 6.04 Å². The Morgan fingerprint density at radius 1 is 0.481 bits per heavy atom. The third kappa shape index (κ3) is 23.7. The van der Waals surface area contributed by atoms with Crippen molar-refractivity contribution in [3.05, 3.63) is 12.2 Å². The van der Waals surface area contributed by atoms with Crippen LogP contribution < -0.4 is 5.73 Å². The fraction of sp³-hybridized carbons (Fsp3) is 0.923. The quantitative estimate of drug-likeness (QED) is 0.147. The van der Waals surface area contributed by atoms with Crippen LogP contribution in [0.15, 0.2) is 12.2 Å². The van der Waals surface area contributed by atoms with Gasteiger partial charge in [-0.2, -0.15) is 0 Å². The van der Waals surface area contributed by atoms with Gasteiger partial charge in [-0.05, 0) is 38.5 Å². The number of allylic oxidation sites excluding steroid dienone is 2. The molecule has 27 heavy (non-hydrogen) atoms. The van der Waals surface area contributed by atoms with Crippen LogP contribution in [0.1, 0.15) is 149 Å². The normalized spacial score (nSPS) is 12.9. The Labute approximate surface area is 173 Å². The number of unbranched alkanes of at least 4 members (excludes halogenated alkanes) is 16. The summed E-state index contributed by atoms with van der Waals surface area (Å²) in [5, 5.41) is 0. The highest BCUT2D eigenvalue weighted by Gasteiger charge is 2.02. The van der Waals surface area contributed by atoms with Crippen molar-refractivity contribution in [2.24, 2.45) is 5.73 Å². The number of rotatable bonds is 22. The summed E-state index contributed by atoms with van der Waals surface area (Å²) >= 11 is 0. The van der Waals surface area contributed by atoms with E-state index in [9.17, 15) is 0 Å². The Hall–Kier alpha value is -0.300. The van der Waals surface area contributed by atoms with E-state index in [0.717, 1.165) is 0 Å². The maximum Gasteiger partial charge on any atom is 0.00388 e. The van der Waals surface area contributed by atoms with Crippen LogP contribution in [0.4, 0.5) is 0 Å². The molecule has 0 spiro atoms. The van der Waals surface area contributed by atoms with Crippen molar-refractivity contribution in [2.45, 2.75) is 155 Å². The highest BCUT2D eigenvalue weighted by Crippen LogP contribution is 2.13. The van der Waals surface area contributed by atoms with Crippen molar-refractivity contribution in [1.29, 1.82) is 0 Å². The second-order valence-corrected chi connectivity index (χ2v) is 8.69. The van der Waals surface area contributed by atoms with Crippen molar-refractivity contribution >= 4 is 0 Å². The largest absolute Gasteiger partial charge is 0.328 e. The minimum absolute atomic E-state index is 0.459. The third-order valence-electron chi connectivity index (χ3n) is 5.77. The van der Waals surface area contributed by atoms with Crippen LogP contribution in [0.25, 0.3) is 0 Å². The van der Waals surface area contributed by atoms with E-state index in [-0.39, 0.29) is 0 Å². The molecular formula is C26H53N. The van der Waals surface area contributed by atoms with E-state index >= 15 is 0 Å². The van der Waals surface area contributed by atoms with Gasteiger partial charge < -0.3 is 5.73 Å². The summed E-state index contributed by atoms with van der Waals surface area (Å²) in [6, 6.07) is 0.459. The molecule has 0 rings (SSSR count). The zero-order valence-corrected chi connectivity index (χ0v) is 19.2. The molecule has 0 amide bonds. The Bertz CT molecular complexity index is 284. The first-order valence-electron chi connectivity index (χ1n) is 12.7. The van der Waals surface area contributed by atoms with E-state index in [4.69, 9.17) is 5.73 Å². The molecule has 0 saturated carbocycles. The second-order valence-electron chi connectivity index (χ2n) is 8.69. The molecule has 0 aromatic rings. The van der Waals surface area contributed by atoms with Gasteiger partial charge in [0.25, 0.3) is 0 Å². The molecule has 0 radical (unpaired) electrons. The molecule has 0 aliphatic rings. The van der Waals surface area contributed by atoms with Gasteiger partial charge in [-0.25, -0.2) is 0 Å². The maximum absolute atomic E-state index is 6.26. The fourth-order valence-corrected chi connectivity index (χ4v) is 3.81. The molecule has 1 unspecified atom stereocenters. The number of nitrogens with two attached hydrogens (primary N) is 1. The van der Waals surface area contributed by atoms with Crippen molar-refractivity contribution in [2.75, 3.05) is 0 Å². The summed E-state index contributed by atoms with van der Waals surface area (Å²) in [6.45, 7) is 4.57. The molecule has 2 N–H and O–H groups in total. The summed E-state index contributed by atoms with van der Waals surface area (Å²) in [7, 11) is 0. The Morgan fingerprint density at radius 3 is 1.22 bits per heavy atom. The molecule has 0 aliphatic heterocycles. The Kier molecular flexibility index (Phi) is 23.5. The molecule has 0 aromatic heterocycles. The molecule has 0 aromatic carbocycles. The summed E-state index contributed by atoms with van der Waals surface area (Å²) in [5.74, 6) is 0. The monoisotopic (exact) mass is 379 g/mol. The van der Waals surface area contributed by atoms with E-state index in [2.05, 4.69) is 26.0 Å². The van der Waals surface area contributed by atoms with E-state index in [1.807, 2.05) is 0 Å². The predicted octanol–water partition coefficient (Wildman–Crippen LogP) is 9.10. The van der Waals surface area contributed by atoms with Crippen LogP contribution >= 0.6 is 0 Å². The molecule has 1 nitrogen and oxygen atoms in total. The smallest absolute Gasteiger partial charge is 0.00388 e. The van der Waals surface area contributed by atoms with Crippen molar-refractivity contribution < 1.29 is 0 Å². The minimum Gasteiger partial charge on any atom is -0.328 e. The van der Waals surface area contributed by atoms with Gasteiger partial charge in [0.15, 0.2) is 0 Å². The first-order valence-corrected chi connectivity index (χ1v) is 12.7. The average molecular weight is 380 g/mol. The second kappa shape index (κ2) is 23.7. The van der Waals surface area contributed by atoms with E-state index in [1.54, 1.807) is 0 Å². The van der Waals surface area contributed by atoms with Crippen molar-refractivity contribution in [1.82, 2.24) is 0 Å². The lowest BCUT2D eigenvalue weighted by Crippen LogP contribution is -2.19. The summed E-state index contributed by atoms with van der Waals surface area (Å²) in [5.41, 5.74) is 6.26. The number of hydrogen-bond donors (Lipinski definition) is 1. The van der Waals surface area contributed by atoms with Gasteiger partial charge in [0, 0.05) is 6.04 Å². The first kappa shape index (κ1) is 26.7. The zero-order valence-electron chi connectivity index (χ0n) is 19.2. The summed E-state index contributed by atoms with van der Waals surface area (Å²) < 4.78 is 0. The fourth-order valence-electron chi connectivity index (χ4n) is 3.81. The zero-order chi connectivity index (χ0) is 19.8. The average Bonchev–Trinajstić information content (AvgIpc) is 2.67. The van der Waals surface area contributed by atoms with Gasteiger partial charge in [-0.15, -0.1) is 0 Å². The van der Waals surface area contributed by atoms with Crippen molar-refractivity contribution in [3.8, 4) is 0 Å². The SMILES string of the molecule is CCCCCCCC/C=C/CCCCCCCC(N)CCCCCCCC. The lowest BCUT2D eigenvalue weighted by molar-refractivity contribution is 0.484. The van der Waals surface area contributed by atoms with E-state index in [1.165, 1.54) is 135 Å². The van der Waals surface area contributed by atoms with Gasteiger partial charge in [0.1, 0.15) is 0 Å². The summed E-state index contributed by atoms with van der Waals surface area (Å²) in [6.07, 6.45) is 33.5. The first-order chi connectivity index (χ1) is 13.3. The molecular weight excluding hydrogens is 326 g/mol. The van der Waals surface area contributed by atoms with Crippen LogP contribution in [0.2, 0.25) is 0 Å². The van der Waals surface area contributed by atoms with Crippen LogP contribution in [0.5, 0.6) is 0 Å². The standard InChI is InChI=1S/C26H53N/c1-3-5-7-9-11-12-13-14-15-16-17-18-19-21-23-25-26(27)24-22-20-10-8-6-4-2/h14-15,26H,3-13,16-25,27H2,1-2H3/b15-14+. The van der Waals surface area contributed by atoms with Gasteiger partial charge in [-0.3, -0.25) is 0 Å². The molecule has 0 fully saturated rings. The Balaban J connectivity index is 3.18. The highest BCUT2D eigenvalue weighted by molar-refractivity contribution is 4.81. The van der Waals surface area contributed by atoms with Crippen LogP contribution in [-0.2, 0) is 0 Å². The van der Waals surface area contributed by atoms with E-state index < -0.39 is 0 Å². The molecule has 1 heteroatoms.